The van der Waals surface area contributed by atoms with Crippen molar-refractivity contribution >= 4 is 17.2 Å². The maximum absolute atomic E-state index is 6.16. The van der Waals surface area contributed by atoms with Crippen LogP contribution in [0.25, 0.3) is 0 Å². The second kappa shape index (κ2) is 5.68. The summed E-state index contributed by atoms with van der Waals surface area (Å²) >= 11 is 5.09. The third kappa shape index (κ3) is 3.69. The van der Waals surface area contributed by atoms with Crippen molar-refractivity contribution in [1.82, 2.24) is 4.98 Å². The van der Waals surface area contributed by atoms with E-state index in [1.807, 2.05) is 19.1 Å². The first-order valence-electron chi connectivity index (χ1n) is 7.21. The molecule has 0 radical (unpaired) electrons. The first-order chi connectivity index (χ1) is 9.27. The molecule has 2 N–H and O–H groups in total. The van der Waals surface area contributed by atoms with Gasteiger partial charge in [-0.3, -0.25) is 0 Å². The van der Waals surface area contributed by atoms with Crippen molar-refractivity contribution in [3.63, 3.8) is 0 Å². The number of nitrogens with two attached hydrogens (primary N) is 1. The number of hydrogen-bond acceptors (Lipinski definition) is 3. The Morgan fingerprint density at radius 3 is 2.70 bits per heavy atom. The Kier molecular flexibility index (Phi) is 4.33. The Labute approximate surface area is 126 Å². The summed E-state index contributed by atoms with van der Waals surface area (Å²) in [5.41, 5.74) is 7.73. The van der Waals surface area contributed by atoms with Crippen molar-refractivity contribution in [1.29, 1.82) is 0 Å². The Morgan fingerprint density at radius 1 is 1.40 bits per heavy atom. The lowest BCUT2D eigenvalue weighted by Crippen LogP contribution is -2.35. The molecule has 0 saturated heterocycles. The van der Waals surface area contributed by atoms with Crippen molar-refractivity contribution in [2.75, 3.05) is 0 Å². The molecule has 1 heterocycles. The average molecular weight is 292 g/mol. The van der Waals surface area contributed by atoms with Gasteiger partial charge in [0, 0.05) is 5.69 Å². The van der Waals surface area contributed by atoms with Gasteiger partial charge in [-0.2, -0.15) is 0 Å². The van der Waals surface area contributed by atoms with E-state index in [-0.39, 0.29) is 6.10 Å². The van der Waals surface area contributed by atoms with Crippen molar-refractivity contribution in [2.45, 2.75) is 53.1 Å². The van der Waals surface area contributed by atoms with Crippen LogP contribution in [0.1, 0.15) is 51.3 Å². The molecule has 2 unspecified atom stereocenters. The van der Waals surface area contributed by atoms with Crippen LogP contribution in [0.3, 0.4) is 0 Å². The minimum Gasteiger partial charge on any atom is -0.474 e. The number of ether oxygens (including phenoxy) is 1. The van der Waals surface area contributed by atoms with E-state index in [4.69, 9.17) is 22.7 Å². The molecule has 1 saturated carbocycles. The van der Waals surface area contributed by atoms with Crippen LogP contribution in [0.2, 0.25) is 0 Å². The smallest absolute Gasteiger partial charge is 0.224 e. The fraction of sp³-hybridized carbons (Fsp3) is 0.625. The molecule has 0 aromatic carbocycles. The van der Waals surface area contributed by atoms with Gasteiger partial charge in [0.05, 0.1) is 5.56 Å². The largest absolute Gasteiger partial charge is 0.474 e. The second-order valence-electron chi connectivity index (χ2n) is 6.82. The van der Waals surface area contributed by atoms with Crippen molar-refractivity contribution < 1.29 is 4.74 Å². The zero-order valence-electron chi connectivity index (χ0n) is 12.8. The Bertz CT molecular complexity index is 513. The van der Waals surface area contributed by atoms with Crippen molar-refractivity contribution in [3.8, 4) is 5.88 Å². The van der Waals surface area contributed by atoms with Gasteiger partial charge in [0.2, 0.25) is 5.88 Å². The molecule has 110 valence electrons. The Hall–Kier alpha value is -1.16. The SMILES string of the molecule is Cc1ccc(C(N)=S)c(OC2CC(C)CC(C)(C)C2)n1. The molecule has 0 amide bonds. The maximum atomic E-state index is 6.16. The Balaban J connectivity index is 2.21. The number of aryl methyl sites for hydroxylation is 1. The molecule has 1 aromatic heterocycles. The molecule has 1 aliphatic rings. The highest BCUT2D eigenvalue weighted by Gasteiger charge is 2.33. The highest BCUT2D eigenvalue weighted by Crippen LogP contribution is 2.40. The molecular weight excluding hydrogens is 268 g/mol. The van der Waals surface area contributed by atoms with Crippen LogP contribution in [0.4, 0.5) is 0 Å². The summed E-state index contributed by atoms with van der Waals surface area (Å²) in [5, 5.41) is 0. The Morgan fingerprint density at radius 2 is 2.10 bits per heavy atom. The lowest BCUT2D eigenvalue weighted by Gasteiger charge is -2.38. The van der Waals surface area contributed by atoms with Crippen LogP contribution in [0.5, 0.6) is 5.88 Å². The maximum Gasteiger partial charge on any atom is 0.224 e. The van der Waals surface area contributed by atoms with E-state index in [0.717, 1.165) is 24.1 Å². The molecular formula is C16H24N2OS. The van der Waals surface area contributed by atoms with Gasteiger partial charge in [0.1, 0.15) is 11.1 Å². The third-order valence-electron chi connectivity index (χ3n) is 3.89. The van der Waals surface area contributed by atoms with Crippen LogP contribution in [-0.2, 0) is 0 Å². The first-order valence-corrected chi connectivity index (χ1v) is 7.62. The monoisotopic (exact) mass is 292 g/mol. The van der Waals surface area contributed by atoms with Gasteiger partial charge >= 0.3 is 0 Å². The summed E-state index contributed by atoms with van der Waals surface area (Å²) in [6, 6.07) is 3.81. The molecule has 0 spiro atoms. The predicted octanol–water partition coefficient (Wildman–Crippen LogP) is 3.62. The van der Waals surface area contributed by atoms with E-state index in [1.54, 1.807) is 0 Å². The highest BCUT2D eigenvalue weighted by atomic mass is 32.1. The number of nitrogens with zero attached hydrogens (tertiary/aromatic N) is 1. The van der Waals surface area contributed by atoms with E-state index in [9.17, 15) is 0 Å². The number of hydrogen-bond donors (Lipinski definition) is 1. The summed E-state index contributed by atoms with van der Waals surface area (Å²) in [6.45, 7) is 8.84. The van der Waals surface area contributed by atoms with Gasteiger partial charge in [-0.15, -0.1) is 0 Å². The summed E-state index contributed by atoms with van der Waals surface area (Å²) in [5.74, 6) is 1.26. The fourth-order valence-electron chi connectivity index (χ4n) is 3.32. The van der Waals surface area contributed by atoms with E-state index in [2.05, 4.69) is 25.8 Å². The zero-order valence-corrected chi connectivity index (χ0v) is 13.6. The van der Waals surface area contributed by atoms with Gasteiger partial charge in [0.25, 0.3) is 0 Å². The zero-order chi connectivity index (χ0) is 14.9. The van der Waals surface area contributed by atoms with Gasteiger partial charge in [-0.1, -0.05) is 33.0 Å². The number of rotatable bonds is 3. The van der Waals surface area contributed by atoms with Gasteiger partial charge in [-0.05, 0) is 49.7 Å². The molecule has 2 rings (SSSR count). The number of aromatic nitrogens is 1. The summed E-state index contributed by atoms with van der Waals surface area (Å²) in [6.07, 6.45) is 3.55. The van der Waals surface area contributed by atoms with Crippen LogP contribution in [-0.4, -0.2) is 16.1 Å². The summed E-state index contributed by atoms with van der Waals surface area (Å²) in [4.78, 5) is 4.81. The summed E-state index contributed by atoms with van der Waals surface area (Å²) < 4.78 is 6.16. The lowest BCUT2D eigenvalue weighted by molar-refractivity contribution is 0.0530. The molecule has 3 nitrogen and oxygen atoms in total. The molecule has 0 bridgehead atoms. The average Bonchev–Trinajstić information content (AvgIpc) is 2.25. The second-order valence-corrected chi connectivity index (χ2v) is 7.26. The van der Waals surface area contributed by atoms with E-state index in [0.29, 0.717) is 22.2 Å². The summed E-state index contributed by atoms with van der Waals surface area (Å²) in [7, 11) is 0. The van der Waals surface area contributed by atoms with Crippen LogP contribution in [0, 0.1) is 18.3 Å². The minimum atomic E-state index is 0.191. The van der Waals surface area contributed by atoms with Crippen LogP contribution >= 0.6 is 12.2 Å². The molecule has 0 aliphatic heterocycles. The fourth-order valence-corrected chi connectivity index (χ4v) is 3.47. The molecule has 20 heavy (non-hydrogen) atoms. The molecule has 1 aromatic rings. The van der Waals surface area contributed by atoms with E-state index >= 15 is 0 Å². The quantitative estimate of drug-likeness (QED) is 0.864. The lowest BCUT2D eigenvalue weighted by atomic mass is 9.71. The minimum absolute atomic E-state index is 0.191. The van der Waals surface area contributed by atoms with Crippen molar-refractivity contribution in [2.24, 2.45) is 17.1 Å². The topological polar surface area (TPSA) is 48.1 Å². The van der Waals surface area contributed by atoms with Gasteiger partial charge in [0.15, 0.2) is 0 Å². The number of pyridine rings is 1. The van der Waals surface area contributed by atoms with E-state index in [1.165, 1.54) is 6.42 Å². The number of thiocarbonyl (C=S) groups is 1. The van der Waals surface area contributed by atoms with Crippen molar-refractivity contribution in [3.05, 3.63) is 23.4 Å². The van der Waals surface area contributed by atoms with Gasteiger partial charge in [-0.25, -0.2) is 4.98 Å². The van der Waals surface area contributed by atoms with E-state index < -0.39 is 0 Å². The van der Waals surface area contributed by atoms with Gasteiger partial charge < -0.3 is 10.5 Å². The highest BCUT2D eigenvalue weighted by molar-refractivity contribution is 7.80. The first kappa shape index (κ1) is 15.2. The van der Waals surface area contributed by atoms with Crippen LogP contribution in [0.15, 0.2) is 12.1 Å². The molecule has 2 atom stereocenters. The van der Waals surface area contributed by atoms with Crippen LogP contribution < -0.4 is 10.5 Å². The molecule has 1 fully saturated rings. The standard InChI is InChI=1S/C16H24N2OS/c1-10-7-12(9-16(3,4)8-10)19-15-13(14(17)20)6-5-11(2)18-15/h5-6,10,12H,7-9H2,1-4H3,(H2,17,20). The normalized spacial score (nSPS) is 25.2. The third-order valence-corrected chi connectivity index (χ3v) is 4.11. The predicted molar refractivity (Wildman–Crippen MR) is 86.1 cm³/mol. The molecule has 4 heteroatoms. The molecule has 1 aliphatic carbocycles.